The van der Waals surface area contributed by atoms with E-state index in [2.05, 4.69) is 37.4 Å². The molecule has 1 nitrogen and oxygen atoms in total. The molecule has 2 rings (SSSR count). The highest BCUT2D eigenvalue weighted by atomic mass is 35.5. The van der Waals surface area contributed by atoms with Gasteiger partial charge in [0.25, 0.3) is 0 Å². The summed E-state index contributed by atoms with van der Waals surface area (Å²) in [6.45, 7) is 5.43. The molecule has 104 valence electrons. The number of hydrogen-bond acceptors (Lipinski definition) is 1. The highest BCUT2D eigenvalue weighted by molar-refractivity contribution is 6.30. The molecule has 0 heterocycles. The van der Waals surface area contributed by atoms with Crippen LogP contribution in [0, 0.1) is 6.92 Å². The molecule has 1 unspecified atom stereocenters. The molecule has 0 aliphatic heterocycles. The summed E-state index contributed by atoms with van der Waals surface area (Å²) < 4.78 is 0. The largest absolute Gasteiger partial charge is 0.307 e. The molecule has 0 bridgehead atoms. The molecule has 0 spiro atoms. The van der Waals surface area contributed by atoms with E-state index >= 15 is 0 Å². The predicted molar refractivity (Wildman–Crippen MR) is 83.8 cm³/mol. The second-order valence-electron chi connectivity index (χ2n) is 5.41. The lowest BCUT2D eigenvalue weighted by Crippen LogP contribution is -2.25. The van der Waals surface area contributed by atoms with Crippen LogP contribution in [-0.2, 0) is 0 Å². The van der Waals surface area contributed by atoms with E-state index in [4.69, 9.17) is 11.6 Å². The van der Waals surface area contributed by atoms with Gasteiger partial charge in [-0.05, 0) is 68.8 Å². The Hall–Kier alpha value is -0.790. The van der Waals surface area contributed by atoms with Crippen LogP contribution in [0.3, 0.4) is 0 Å². The van der Waals surface area contributed by atoms with Crippen LogP contribution in [0.4, 0.5) is 0 Å². The molecular weight excluding hydrogens is 254 g/mol. The number of halogens is 1. The van der Waals surface area contributed by atoms with Gasteiger partial charge < -0.3 is 5.32 Å². The highest BCUT2D eigenvalue weighted by Gasteiger charge is 2.19. The molecule has 1 atom stereocenters. The lowest BCUT2D eigenvalue weighted by Gasteiger charge is -2.26. The second-order valence-corrected chi connectivity index (χ2v) is 5.85. The van der Waals surface area contributed by atoms with Crippen molar-refractivity contribution in [1.82, 2.24) is 5.32 Å². The summed E-state index contributed by atoms with van der Waals surface area (Å²) in [6.07, 6.45) is 8.71. The maximum Gasteiger partial charge on any atom is 0.0538 e. The summed E-state index contributed by atoms with van der Waals surface area (Å²) in [5.74, 6) is 0. The second kappa shape index (κ2) is 7.12. The molecule has 0 amide bonds. The zero-order valence-corrected chi connectivity index (χ0v) is 12.8. The van der Waals surface area contributed by atoms with E-state index in [0.29, 0.717) is 6.04 Å². The SMILES string of the molecule is CCCNC(C1=CCCCC1)c1ccc(Cl)cc1C. The third-order valence-electron chi connectivity index (χ3n) is 3.84. The Morgan fingerprint density at radius 1 is 1.32 bits per heavy atom. The Bertz CT molecular complexity index is 451. The van der Waals surface area contributed by atoms with Crippen LogP contribution in [0.1, 0.15) is 56.2 Å². The van der Waals surface area contributed by atoms with Gasteiger partial charge in [-0.3, -0.25) is 0 Å². The zero-order valence-electron chi connectivity index (χ0n) is 12.0. The van der Waals surface area contributed by atoms with Crippen molar-refractivity contribution in [2.45, 2.75) is 52.0 Å². The van der Waals surface area contributed by atoms with Crippen molar-refractivity contribution in [3.8, 4) is 0 Å². The summed E-state index contributed by atoms with van der Waals surface area (Å²) in [7, 11) is 0. The average molecular weight is 278 g/mol. The van der Waals surface area contributed by atoms with Crippen molar-refractivity contribution < 1.29 is 0 Å². The molecule has 0 saturated heterocycles. The van der Waals surface area contributed by atoms with Crippen LogP contribution < -0.4 is 5.32 Å². The fourth-order valence-corrected chi connectivity index (χ4v) is 3.04. The number of hydrogen-bond donors (Lipinski definition) is 1. The van der Waals surface area contributed by atoms with Gasteiger partial charge in [-0.1, -0.05) is 36.2 Å². The molecule has 2 heteroatoms. The van der Waals surface area contributed by atoms with Crippen molar-refractivity contribution in [1.29, 1.82) is 0 Å². The molecule has 1 aliphatic rings. The Morgan fingerprint density at radius 2 is 2.16 bits per heavy atom. The minimum absolute atomic E-state index is 0.373. The van der Waals surface area contributed by atoms with Crippen LogP contribution in [0.5, 0.6) is 0 Å². The van der Waals surface area contributed by atoms with Gasteiger partial charge >= 0.3 is 0 Å². The lowest BCUT2D eigenvalue weighted by molar-refractivity contribution is 0.545. The van der Waals surface area contributed by atoms with Gasteiger partial charge in [-0.15, -0.1) is 0 Å². The Balaban J connectivity index is 2.27. The van der Waals surface area contributed by atoms with E-state index in [0.717, 1.165) is 18.0 Å². The van der Waals surface area contributed by atoms with Gasteiger partial charge in [-0.25, -0.2) is 0 Å². The van der Waals surface area contributed by atoms with E-state index in [1.807, 2.05) is 6.07 Å². The van der Waals surface area contributed by atoms with E-state index in [1.165, 1.54) is 36.8 Å². The summed E-state index contributed by atoms with van der Waals surface area (Å²) >= 11 is 6.08. The van der Waals surface area contributed by atoms with Crippen LogP contribution in [-0.4, -0.2) is 6.54 Å². The first kappa shape index (κ1) is 14.6. The fraction of sp³-hybridized carbons (Fsp3) is 0.529. The minimum Gasteiger partial charge on any atom is -0.307 e. The fourth-order valence-electron chi connectivity index (χ4n) is 2.82. The summed E-state index contributed by atoms with van der Waals surface area (Å²) in [5, 5.41) is 4.53. The molecule has 0 fully saturated rings. The molecule has 1 aliphatic carbocycles. The normalized spacial score (nSPS) is 17.1. The van der Waals surface area contributed by atoms with E-state index in [9.17, 15) is 0 Å². The van der Waals surface area contributed by atoms with Crippen molar-refractivity contribution in [2.24, 2.45) is 0 Å². The Morgan fingerprint density at radius 3 is 2.79 bits per heavy atom. The molecule has 0 radical (unpaired) electrons. The molecular formula is C17H24ClN. The maximum absolute atomic E-state index is 6.08. The van der Waals surface area contributed by atoms with E-state index < -0.39 is 0 Å². The van der Waals surface area contributed by atoms with Crippen molar-refractivity contribution in [3.63, 3.8) is 0 Å². The monoisotopic (exact) mass is 277 g/mol. The average Bonchev–Trinajstić information content (AvgIpc) is 2.42. The minimum atomic E-state index is 0.373. The highest BCUT2D eigenvalue weighted by Crippen LogP contribution is 2.32. The Labute approximate surface area is 122 Å². The third-order valence-corrected chi connectivity index (χ3v) is 4.07. The first-order chi connectivity index (χ1) is 9.22. The quantitative estimate of drug-likeness (QED) is 0.731. The van der Waals surface area contributed by atoms with Crippen LogP contribution in [0.2, 0.25) is 5.02 Å². The number of rotatable bonds is 5. The van der Waals surface area contributed by atoms with Gasteiger partial charge in [0.1, 0.15) is 0 Å². The van der Waals surface area contributed by atoms with Gasteiger partial charge in [-0.2, -0.15) is 0 Å². The summed E-state index contributed by atoms with van der Waals surface area (Å²) in [5.41, 5.74) is 4.23. The number of nitrogens with one attached hydrogen (secondary N) is 1. The summed E-state index contributed by atoms with van der Waals surface area (Å²) in [6, 6.07) is 6.63. The van der Waals surface area contributed by atoms with Gasteiger partial charge in [0.15, 0.2) is 0 Å². The van der Waals surface area contributed by atoms with Crippen LogP contribution >= 0.6 is 11.6 Å². The van der Waals surface area contributed by atoms with Crippen LogP contribution in [0.25, 0.3) is 0 Å². The topological polar surface area (TPSA) is 12.0 Å². The molecule has 1 aromatic rings. The van der Waals surface area contributed by atoms with Gasteiger partial charge in [0.2, 0.25) is 0 Å². The molecule has 19 heavy (non-hydrogen) atoms. The molecule has 0 saturated carbocycles. The third kappa shape index (κ3) is 3.84. The first-order valence-corrected chi connectivity index (χ1v) is 7.78. The predicted octanol–water partition coefficient (Wildman–Crippen LogP) is 5.19. The number of benzene rings is 1. The first-order valence-electron chi connectivity index (χ1n) is 7.40. The Kier molecular flexibility index (Phi) is 5.47. The van der Waals surface area contributed by atoms with Crippen LogP contribution in [0.15, 0.2) is 29.8 Å². The van der Waals surface area contributed by atoms with Crippen molar-refractivity contribution >= 4 is 11.6 Å². The standard InChI is InChI=1S/C17H24ClN/c1-3-11-19-17(14-7-5-4-6-8-14)16-10-9-15(18)12-13(16)2/h7,9-10,12,17,19H,3-6,8,11H2,1-2H3. The lowest BCUT2D eigenvalue weighted by atomic mass is 9.88. The molecule has 0 aromatic heterocycles. The summed E-state index contributed by atoms with van der Waals surface area (Å²) in [4.78, 5) is 0. The van der Waals surface area contributed by atoms with E-state index in [-0.39, 0.29) is 0 Å². The molecule has 1 N–H and O–H groups in total. The number of allylic oxidation sites excluding steroid dienone is 1. The van der Waals surface area contributed by atoms with E-state index in [1.54, 1.807) is 5.57 Å². The van der Waals surface area contributed by atoms with Gasteiger partial charge in [0.05, 0.1) is 6.04 Å². The van der Waals surface area contributed by atoms with Crippen molar-refractivity contribution in [2.75, 3.05) is 6.54 Å². The smallest absolute Gasteiger partial charge is 0.0538 e. The maximum atomic E-state index is 6.08. The van der Waals surface area contributed by atoms with Crippen molar-refractivity contribution in [3.05, 3.63) is 46.0 Å². The molecule has 1 aromatic carbocycles. The number of aryl methyl sites for hydroxylation is 1. The zero-order chi connectivity index (χ0) is 13.7. The van der Waals surface area contributed by atoms with Gasteiger partial charge in [0, 0.05) is 5.02 Å².